The van der Waals surface area contributed by atoms with E-state index in [-0.39, 0.29) is 0 Å². The molecule has 3 nitrogen and oxygen atoms in total. The van der Waals surface area contributed by atoms with Crippen LogP contribution in [0.25, 0.3) is 0 Å². The SMILES string of the molecule is Cc1ccnc(Sc2ccc(CN)c(C)c2)n1. The Morgan fingerprint density at radius 3 is 2.71 bits per heavy atom. The van der Waals surface area contributed by atoms with Crippen LogP contribution in [0.5, 0.6) is 0 Å². The van der Waals surface area contributed by atoms with Gasteiger partial charge in [-0.1, -0.05) is 6.07 Å². The van der Waals surface area contributed by atoms with Crippen LogP contribution in [-0.4, -0.2) is 9.97 Å². The van der Waals surface area contributed by atoms with Crippen LogP contribution in [0, 0.1) is 13.8 Å². The number of hydrogen-bond donors (Lipinski definition) is 1. The van der Waals surface area contributed by atoms with Gasteiger partial charge in [0.05, 0.1) is 0 Å². The van der Waals surface area contributed by atoms with E-state index in [4.69, 9.17) is 5.73 Å². The van der Waals surface area contributed by atoms with Crippen LogP contribution in [0.4, 0.5) is 0 Å². The number of aromatic nitrogens is 2. The van der Waals surface area contributed by atoms with Crippen molar-refractivity contribution < 1.29 is 0 Å². The van der Waals surface area contributed by atoms with Gasteiger partial charge in [-0.05, 0) is 54.9 Å². The summed E-state index contributed by atoms with van der Waals surface area (Å²) in [6.07, 6.45) is 1.78. The number of aryl methyl sites for hydroxylation is 2. The molecule has 17 heavy (non-hydrogen) atoms. The molecule has 2 rings (SSSR count). The number of rotatable bonds is 3. The maximum atomic E-state index is 5.64. The molecule has 0 amide bonds. The summed E-state index contributed by atoms with van der Waals surface area (Å²) < 4.78 is 0. The molecule has 1 aromatic heterocycles. The zero-order chi connectivity index (χ0) is 12.3. The van der Waals surface area contributed by atoms with E-state index >= 15 is 0 Å². The first-order chi connectivity index (χ1) is 8.19. The van der Waals surface area contributed by atoms with E-state index in [2.05, 4.69) is 35.1 Å². The van der Waals surface area contributed by atoms with E-state index in [1.165, 1.54) is 11.1 Å². The minimum Gasteiger partial charge on any atom is -0.326 e. The van der Waals surface area contributed by atoms with Crippen molar-refractivity contribution in [3.63, 3.8) is 0 Å². The van der Waals surface area contributed by atoms with Gasteiger partial charge in [-0.15, -0.1) is 0 Å². The zero-order valence-electron chi connectivity index (χ0n) is 9.97. The number of nitrogens with zero attached hydrogens (tertiary/aromatic N) is 2. The van der Waals surface area contributed by atoms with Crippen LogP contribution in [0.1, 0.15) is 16.8 Å². The fourth-order valence-electron chi connectivity index (χ4n) is 1.54. The molecule has 1 aromatic carbocycles. The highest BCUT2D eigenvalue weighted by Gasteiger charge is 2.03. The lowest BCUT2D eigenvalue weighted by Crippen LogP contribution is -1.98. The second-order valence-corrected chi connectivity index (χ2v) is 4.92. The summed E-state index contributed by atoms with van der Waals surface area (Å²) in [5.74, 6) is 0. The Bertz CT molecular complexity index is 526. The van der Waals surface area contributed by atoms with Crippen molar-refractivity contribution in [3.8, 4) is 0 Å². The van der Waals surface area contributed by atoms with Crippen LogP contribution < -0.4 is 5.73 Å². The smallest absolute Gasteiger partial charge is 0.192 e. The summed E-state index contributed by atoms with van der Waals surface area (Å²) in [4.78, 5) is 9.75. The predicted molar refractivity (Wildman–Crippen MR) is 70.0 cm³/mol. The molecule has 2 aromatic rings. The van der Waals surface area contributed by atoms with E-state index < -0.39 is 0 Å². The lowest BCUT2D eigenvalue weighted by Gasteiger charge is -2.06. The molecule has 0 aliphatic carbocycles. The Balaban J connectivity index is 2.22. The highest BCUT2D eigenvalue weighted by molar-refractivity contribution is 7.99. The molecule has 0 radical (unpaired) electrons. The first kappa shape index (κ1) is 12.1. The van der Waals surface area contributed by atoms with Gasteiger partial charge in [-0.3, -0.25) is 0 Å². The summed E-state index contributed by atoms with van der Waals surface area (Å²) in [6, 6.07) is 8.14. The maximum Gasteiger partial charge on any atom is 0.192 e. The van der Waals surface area contributed by atoms with Crippen LogP contribution in [0.2, 0.25) is 0 Å². The molecule has 88 valence electrons. The molecule has 0 aliphatic heterocycles. The molecule has 0 atom stereocenters. The number of hydrogen-bond acceptors (Lipinski definition) is 4. The van der Waals surface area contributed by atoms with Crippen molar-refractivity contribution >= 4 is 11.8 Å². The van der Waals surface area contributed by atoms with Gasteiger partial charge in [0.2, 0.25) is 0 Å². The summed E-state index contributed by atoms with van der Waals surface area (Å²) in [5.41, 5.74) is 9.02. The fourth-order valence-corrected chi connectivity index (χ4v) is 2.43. The van der Waals surface area contributed by atoms with Gasteiger partial charge >= 0.3 is 0 Å². The lowest BCUT2D eigenvalue weighted by atomic mass is 10.1. The predicted octanol–water partition coefficient (Wildman–Crippen LogP) is 2.70. The molecule has 0 unspecified atom stereocenters. The van der Waals surface area contributed by atoms with Gasteiger partial charge in [0.25, 0.3) is 0 Å². The summed E-state index contributed by atoms with van der Waals surface area (Å²) in [7, 11) is 0. The van der Waals surface area contributed by atoms with E-state index in [0.29, 0.717) is 6.54 Å². The molecule has 0 bridgehead atoms. The van der Waals surface area contributed by atoms with Gasteiger partial charge in [0.1, 0.15) is 0 Å². The Morgan fingerprint density at radius 2 is 2.06 bits per heavy atom. The second kappa shape index (κ2) is 5.29. The third kappa shape index (κ3) is 3.05. The molecule has 2 N–H and O–H groups in total. The van der Waals surface area contributed by atoms with Gasteiger partial charge in [-0.25, -0.2) is 9.97 Å². The molecule has 0 spiro atoms. The van der Waals surface area contributed by atoms with Gasteiger partial charge in [0.15, 0.2) is 5.16 Å². The highest BCUT2D eigenvalue weighted by Crippen LogP contribution is 2.26. The van der Waals surface area contributed by atoms with Crippen LogP contribution in [0.3, 0.4) is 0 Å². The Kier molecular flexibility index (Phi) is 3.76. The van der Waals surface area contributed by atoms with E-state index in [9.17, 15) is 0 Å². The minimum atomic E-state index is 0.581. The normalized spacial score (nSPS) is 10.5. The van der Waals surface area contributed by atoms with E-state index in [1.807, 2.05) is 13.0 Å². The fraction of sp³-hybridized carbons (Fsp3) is 0.231. The van der Waals surface area contributed by atoms with Crippen molar-refractivity contribution in [1.82, 2.24) is 9.97 Å². The van der Waals surface area contributed by atoms with Crippen molar-refractivity contribution in [2.24, 2.45) is 5.73 Å². The highest BCUT2D eigenvalue weighted by atomic mass is 32.2. The molecule has 1 heterocycles. The van der Waals surface area contributed by atoms with Gasteiger partial charge in [0, 0.05) is 23.3 Å². The average molecular weight is 245 g/mol. The molecule has 4 heteroatoms. The number of nitrogens with two attached hydrogens (primary N) is 1. The Morgan fingerprint density at radius 1 is 1.24 bits per heavy atom. The Hall–Kier alpha value is -1.39. The maximum absolute atomic E-state index is 5.64. The van der Waals surface area contributed by atoms with Crippen molar-refractivity contribution in [3.05, 3.63) is 47.3 Å². The third-order valence-corrected chi connectivity index (χ3v) is 3.38. The average Bonchev–Trinajstić information content (AvgIpc) is 2.29. The van der Waals surface area contributed by atoms with Crippen LogP contribution in [0.15, 0.2) is 40.5 Å². The molecular weight excluding hydrogens is 230 g/mol. The van der Waals surface area contributed by atoms with Crippen LogP contribution >= 0.6 is 11.8 Å². The lowest BCUT2D eigenvalue weighted by molar-refractivity contribution is 0.931. The zero-order valence-corrected chi connectivity index (χ0v) is 10.8. The van der Waals surface area contributed by atoms with Crippen molar-refractivity contribution in [1.29, 1.82) is 0 Å². The molecule has 0 fully saturated rings. The summed E-state index contributed by atoms with van der Waals surface area (Å²) in [5, 5.41) is 0.782. The van der Waals surface area contributed by atoms with Crippen molar-refractivity contribution in [2.75, 3.05) is 0 Å². The standard InChI is InChI=1S/C13H15N3S/c1-9-7-12(4-3-11(9)8-14)17-13-15-6-5-10(2)16-13/h3-7H,8,14H2,1-2H3. The molecule has 0 aliphatic rings. The molecule has 0 saturated heterocycles. The topological polar surface area (TPSA) is 51.8 Å². The van der Waals surface area contributed by atoms with Crippen LogP contribution in [-0.2, 0) is 6.54 Å². The first-order valence-corrected chi connectivity index (χ1v) is 6.28. The van der Waals surface area contributed by atoms with Crippen molar-refractivity contribution in [2.45, 2.75) is 30.4 Å². The van der Waals surface area contributed by atoms with E-state index in [1.54, 1.807) is 18.0 Å². The molecular formula is C13H15N3S. The third-order valence-electron chi connectivity index (χ3n) is 2.52. The van der Waals surface area contributed by atoms with Gasteiger partial charge in [-0.2, -0.15) is 0 Å². The minimum absolute atomic E-state index is 0.581. The van der Waals surface area contributed by atoms with Gasteiger partial charge < -0.3 is 5.73 Å². The molecule has 0 saturated carbocycles. The second-order valence-electron chi connectivity index (χ2n) is 3.88. The Labute approximate surface area is 105 Å². The monoisotopic (exact) mass is 245 g/mol. The quantitative estimate of drug-likeness (QED) is 0.845. The summed E-state index contributed by atoms with van der Waals surface area (Å²) >= 11 is 1.57. The summed E-state index contributed by atoms with van der Waals surface area (Å²) in [6.45, 7) is 4.62. The largest absolute Gasteiger partial charge is 0.326 e. The van der Waals surface area contributed by atoms with E-state index in [0.717, 1.165) is 15.7 Å². The number of benzene rings is 1. The first-order valence-electron chi connectivity index (χ1n) is 5.46.